The van der Waals surface area contributed by atoms with Gasteiger partial charge in [0, 0.05) is 19.5 Å². The first-order valence-electron chi connectivity index (χ1n) is 10.1. The van der Waals surface area contributed by atoms with Crippen molar-refractivity contribution >= 4 is 12.0 Å². The maximum absolute atomic E-state index is 11.5. The molecule has 0 saturated heterocycles. The number of amides is 2. The molecule has 0 aromatic carbocycles. The summed E-state index contributed by atoms with van der Waals surface area (Å²) in [6.45, 7) is 2.70. The van der Waals surface area contributed by atoms with E-state index < -0.39 is 6.09 Å². The second-order valence-electron chi connectivity index (χ2n) is 6.18. The molecule has 0 aliphatic rings. The SMILES string of the molecule is CCC=CCC=CCC=CCC=CCC=CCCCC(=O)NCCNC(=O)O. The number of carbonyl (C=O) groups excluding carboxylic acids is 1. The van der Waals surface area contributed by atoms with Gasteiger partial charge in [0.25, 0.3) is 0 Å². The van der Waals surface area contributed by atoms with Gasteiger partial charge in [-0.3, -0.25) is 4.79 Å². The molecule has 28 heavy (non-hydrogen) atoms. The first kappa shape index (κ1) is 25.4. The van der Waals surface area contributed by atoms with Gasteiger partial charge in [0.05, 0.1) is 0 Å². The predicted molar refractivity (Wildman–Crippen MR) is 117 cm³/mol. The third kappa shape index (κ3) is 21.5. The number of hydrogen-bond donors (Lipinski definition) is 3. The van der Waals surface area contributed by atoms with Gasteiger partial charge in [0.1, 0.15) is 0 Å². The fraction of sp³-hybridized carbons (Fsp3) is 0.478. The molecule has 0 aromatic rings. The topological polar surface area (TPSA) is 78.4 Å². The molecule has 0 aliphatic heterocycles. The Morgan fingerprint density at radius 1 is 0.714 bits per heavy atom. The molecular weight excluding hydrogens is 352 g/mol. The Hall–Kier alpha value is -2.56. The minimum Gasteiger partial charge on any atom is -0.465 e. The van der Waals surface area contributed by atoms with Crippen molar-refractivity contribution in [3.05, 3.63) is 60.8 Å². The predicted octanol–water partition coefficient (Wildman–Crippen LogP) is 5.29. The Balaban J connectivity index is 3.51. The molecule has 0 fully saturated rings. The molecule has 156 valence electrons. The minimum atomic E-state index is -1.08. The van der Waals surface area contributed by atoms with Crippen LogP contribution in [-0.4, -0.2) is 30.2 Å². The van der Waals surface area contributed by atoms with Crippen LogP contribution in [0.25, 0.3) is 0 Å². The molecule has 5 nitrogen and oxygen atoms in total. The summed E-state index contributed by atoms with van der Waals surface area (Å²) in [5.74, 6) is -0.0421. The highest BCUT2D eigenvalue weighted by Gasteiger charge is 1.99. The quantitative estimate of drug-likeness (QED) is 0.248. The van der Waals surface area contributed by atoms with Crippen molar-refractivity contribution in [3.8, 4) is 0 Å². The molecule has 0 heterocycles. The summed E-state index contributed by atoms with van der Waals surface area (Å²) in [6, 6.07) is 0. The van der Waals surface area contributed by atoms with E-state index in [0.717, 1.165) is 44.9 Å². The van der Waals surface area contributed by atoms with E-state index >= 15 is 0 Å². The fourth-order valence-corrected chi connectivity index (χ4v) is 2.21. The van der Waals surface area contributed by atoms with Crippen molar-refractivity contribution in [2.24, 2.45) is 0 Å². The number of carboxylic acid groups (broad SMARTS) is 1. The van der Waals surface area contributed by atoms with E-state index in [4.69, 9.17) is 5.11 Å². The van der Waals surface area contributed by atoms with Crippen LogP contribution in [0.4, 0.5) is 4.79 Å². The van der Waals surface area contributed by atoms with E-state index in [0.29, 0.717) is 13.0 Å². The summed E-state index contributed by atoms with van der Waals surface area (Å²) in [5, 5.41) is 13.3. The van der Waals surface area contributed by atoms with Crippen molar-refractivity contribution in [2.75, 3.05) is 13.1 Å². The second kappa shape index (κ2) is 20.7. The lowest BCUT2D eigenvalue weighted by molar-refractivity contribution is -0.121. The Labute approximate surface area is 170 Å². The van der Waals surface area contributed by atoms with Crippen LogP contribution in [0.15, 0.2) is 60.8 Å². The van der Waals surface area contributed by atoms with E-state index in [9.17, 15) is 9.59 Å². The standard InChI is InChI=1S/C23H36N2O3/c1-2-3-4-5-6-7-8-9-10-11-12-13-14-15-16-17-18-19-22(26)24-20-21-25-23(27)28/h3-4,6-7,9-10,12-13,15-16,25H,2,5,8,11,14,17-21H2,1H3,(H,24,26)(H,27,28). The van der Waals surface area contributed by atoms with Crippen molar-refractivity contribution in [3.63, 3.8) is 0 Å². The van der Waals surface area contributed by atoms with Gasteiger partial charge >= 0.3 is 6.09 Å². The normalized spacial score (nSPS) is 12.2. The van der Waals surface area contributed by atoms with Gasteiger partial charge in [-0.15, -0.1) is 0 Å². The van der Waals surface area contributed by atoms with Crippen LogP contribution in [0.5, 0.6) is 0 Å². The van der Waals surface area contributed by atoms with Gasteiger partial charge in [0.15, 0.2) is 0 Å². The van der Waals surface area contributed by atoms with E-state index in [1.54, 1.807) is 0 Å². The van der Waals surface area contributed by atoms with Gasteiger partial charge in [0.2, 0.25) is 5.91 Å². The minimum absolute atomic E-state index is 0.0421. The van der Waals surface area contributed by atoms with Gasteiger partial charge in [-0.25, -0.2) is 4.79 Å². The van der Waals surface area contributed by atoms with Gasteiger partial charge in [-0.1, -0.05) is 67.7 Å². The Kier molecular flexibility index (Phi) is 18.9. The maximum Gasteiger partial charge on any atom is 0.404 e. The summed E-state index contributed by atoms with van der Waals surface area (Å²) < 4.78 is 0. The Morgan fingerprint density at radius 2 is 1.18 bits per heavy atom. The lowest BCUT2D eigenvalue weighted by Gasteiger charge is -2.04. The van der Waals surface area contributed by atoms with E-state index in [-0.39, 0.29) is 12.5 Å². The molecule has 3 N–H and O–H groups in total. The number of allylic oxidation sites excluding steroid dienone is 10. The zero-order valence-electron chi connectivity index (χ0n) is 17.1. The Morgan fingerprint density at radius 3 is 1.68 bits per heavy atom. The molecule has 0 atom stereocenters. The van der Waals surface area contributed by atoms with Crippen molar-refractivity contribution in [1.82, 2.24) is 10.6 Å². The highest BCUT2D eigenvalue weighted by atomic mass is 16.4. The lowest BCUT2D eigenvalue weighted by atomic mass is 10.2. The molecule has 0 saturated carbocycles. The van der Waals surface area contributed by atoms with Crippen LogP contribution in [-0.2, 0) is 4.79 Å². The second-order valence-corrected chi connectivity index (χ2v) is 6.18. The van der Waals surface area contributed by atoms with Crippen molar-refractivity contribution in [2.45, 2.75) is 58.3 Å². The zero-order chi connectivity index (χ0) is 20.7. The lowest BCUT2D eigenvalue weighted by Crippen LogP contribution is -2.33. The molecule has 0 unspecified atom stereocenters. The molecule has 5 heteroatoms. The number of carbonyl (C=O) groups is 2. The summed E-state index contributed by atoms with van der Waals surface area (Å²) in [6.07, 6.45) is 27.6. The first-order valence-corrected chi connectivity index (χ1v) is 10.1. The molecule has 0 rings (SSSR count). The molecule has 0 spiro atoms. The number of unbranched alkanes of at least 4 members (excludes halogenated alkanes) is 1. The third-order valence-corrected chi connectivity index (χ3v) is 3.66. The van der Waals surface area contributed by atoms with Gasteiger partial charge < -0.3 is 15.7 Å². The third-order valence-electron chi connectivity index (χ3n) is 3.66. The summed E-state index contributed by atoms with van der Waals surface area (Å²) in [4.78, 5) is 21.8. The van der Waals surface area contributed by atoms with Crippen LogP contribution in [0.2, 0.25) is 0 Å². The number of rotatable bonds is 16. The fourth-order valence-electron chi connectivity index (χ4n) is 2.21. The van der Waals surface area contributed by atoms with E-state index in [1.807, 2.05) is 0 Å². The van der Waals surface area contributed by atoms with E-state index in [2.05, 4.69) is 78.3 Å². The maximum atomic E-state index is 11.5. The largest absolute Gasteiger partial charge is 0.465 e. The first-order chi connectivity index (χ1) is 13.7. The number of nitrogens with one attached hydrogen (secondary N) is 2. The smallest absolute Gasteiger partial charge is 0.404 e. The Bertz CT molecular complexity index is 546. The monoisotopic (exact) mass is 388 g/mol. The summed E-state index contributed by atoms with van der Waals surface area (Å²) >= 11 is 0. The average molecular weight is 389 g/mol. The van der Waals surface area contributed by atoms with Crippen molar-refractivity contribution < 1.29 is 14.7 Å². The highest BCUT2D eigenvalue weighted by Crippen LogP contribution is 1.99. The van der Waals surface area contributed by atoms with E-state index in [1.165, 1.54) is 0 Å². The van der Waals surface area contributed by atoms with Crippen molar-refractivity contribution in [1.29, 1.82) is 0 Å². The van der Waals surface area contributed by atoms with Gasteiger partial charge in [-0.05, 0) is 44.9 Å². The molecular formula is C23H36N2O3. The van der Waals surface area contributed by atoms with Crippen LogP contribution in [0.3, 0.4) is 0 Å². The number of hydrogen-bond acceptors (Lipinski definition) is 2. The highest BCUT2D eigenvalue weighted by molar-refractivity contribution is 5.75. The van der Waals surface area contributed by atoms with Crippen LogP contribution in [0.1, 0.15) is 58.3 Å². The molecule has 0 aliphatic carbocycles. The van der Waals surface area contributed by atoms with Gasteiger partial charge in [-0.2, -0.15) is 0 Å². The average Bonchev–Trinajstić information content (AvgIpc) is 2.67. The van der Waals surface area contributed by atoms with Crippen LogP contribution < -0.4 is 10.6 Å². The van der Waals surface area contributed by atoms with Crippen LogP contribution in [0, 0.1) is 0 Å². The van der Waals surface area contributed by atoms with Crippen LogP contribution >= 0.6 is 0 Å². The zero-order valence-corrected chi connectivity index (χ0v) is 17.1. The molecule has 2 amide bonds. The summed E-state index contributed by atoms with van der Waals surface area (Å²) in [7, 11) is 0. The summed E-state index contributed by atoms with van der Waals surface area (Å²) in [5.41, 5.74) is 0. The molecule has 0 bridgehead atoms. The molecule has 0 radical (unpaired) electrons. The molecule has 0 aromatic heterocycles.